The van der Waals surface area contributed by atoms with Gasteiger partial charge in [0.15, 0.2) is 0 Å². The van der Waals surface area contributed by atoms with E-state index in [0.29, 0.717) is 12.1 Å². The predicted octanol–water partition coefficient (Wildman–Crippen LogP) is 2.21. The Morgan fingerprint density at radius 3 is 2.64 bits per heavy atom. The van der Waals surface area contributed by atoms with E-state index < -0.39 is 11.7 Å². The quantitative estimate of drug-likeness (QED) is 0.816. The van der Waals surface area contributed by atoms with Crippen molar-refractivity contribution in [3.05, 3.63) is 29.6 Å². The van der Waals surface area contributed by atoms with Crippen LogP contribution in [-0.2, 0) is 12.7 Å². The Kier molecular flexibility index (Phi) is 3.46. The maximum absolute atomic E-state index is 12.2. The van der Waals surface area contributed by atoms with Gasteiger partial charge in [-0.25, -0.2) is 0 Å². The molecule has 0 aliphatic rings. The zero-order valence-corrected chi connectivity index (χ0v) is 7.73. The van der Waals surface area contributed by atoms with Crippen LogP contribution in [0.5, 0.6) is 0 Å². The van der Waals surface area contributed by atoms with Crippen LogP contribution in [0.3, 0.4) is 0 Å². The second kappa shape index (κ2) is 4.41. The van der Waals surface area contributed by atoms with E-state index in [1.807, 2.05) is 6.92 Å². The molecule has 0 spiro atoms. The molecule has 1 aromatic heterocycles. The molecule has 0 aliphatic carbocycles. The summed E-state index contributed by atoms with van der Waals surface area (Å²) in [6.45, 7) is 3.02. The van der Waals surface area contributed by atoms with Gasteiger partial charge in [0.1, 0.15) is 0 Å². The summed E-state index contributed by atoms with van der Waals surface area (Å²) in [5, 5.41) is 2.94. The van der Waals surface area contributed by atoms with Crippen molar-refractivity contribution in [1.29, 1.82) is 0 Å². The van der Waals surface area contributed by atoms with Crippen molar-refractivity contribution < 1.29 is 13.2 Å². The number of hydrogen-bond donors (Lipinski definition) is 1. The molecule has 0 saturated carbocycles. The van der Waals surface area contributed by atoms with Gasteiger partial charge in [0.2, 0.25) is 0 Å². The average Bonchev–Trinajstić information content (AvgIpc) is 2.14. The second-order valence-corrected chi connectivity index (χ2v) is 2.86. The van der Waals surface area contributed by atoms with E-state index in [-0.39, 0.29) is 0 Å². The zero-order valence-electron chi connectivity index (χ0n) is 7.73. The molecule has 14 heavy (non-hydrogen) atoms. The molecule has 0 unspecified atom stereocenters. The summed E-state index contributed by atoms with van der Waals surface area (Å²) in [4.78, 5) is 3.54. The highest BCUT2D eigenvalue weighted by atomic mass is 19.4. The molecule has 5 heteroatoms. The molecule has 0 fully saturated rings. The first-order chi connectivity index (χ1) is 6.54. The Bertz CT molecular complexity index is 296. The van der Waals surface area contributed by atoms with Crippen LogP contribution in [0.1, 0.15) is 18.1 Å². The highest BCUT2D eigenvalue weighted by Crippen LogP contribution is 2.28. The van der Waals surface area contributed by atoms with Crippen molar-refractivity contribution in [1.82, 2.24) is 10.3 Å². The first-order valence-corrected chi connectivity index (χ1v) is 4.26. The van der Waals surface area contributed by atoms with E-state index in [1.54, 1.807) is 0 Å². The first-order valence-electron chi connectivity index (χ1n) is 4.26. The maximum atomic E-state index is 12.2. The monoisotopic (exact) mass is 204 g/mol. The van der Waals surface area contributed by atoms with E-state index in [9.17, 15) is 13.2 Å². The minimum Gasteiger partial charge on any atom is -0.313 e. The summed E-state index contributed by atoms with van der Waals surface area (Å²) in [6.07, 6.45) is -2.05. The molecule has 0 radical (unpaired) electrons. The highest BCUT2D eigenvalue weighted by Gasteiger charge is 2.30. The fraction of sp³-hybridized carbons (Fsp3) is 0.444. The lowest BCUT2D eigenvalue weighted by Gasteiger charge is -2.07. The van der Waals surface area contributed by atoms with Crippen LogP contribution in [0.15, 0.2) is 18.5 Å². The molecule has 78 valence electrons. The van der Waals surface area contributed by atoms with E-state index in [1.165, 1.54) is 6.20 Å². The molecule has 0 atom stereocenters. The van der Waals surface area contributed by atoms with Gasteiger partial charge in [-0.3, -0.25) is 4.98 Å². The van der Waals surface area contributed by atoms with Gasteiger partial charge in [0.25, 0.3) is 0 Å². The van der Waals surface area contributed by atoms with Gasteiger partial charge in [0.05, 0.1) is 5.56 Å². The third-order valence-electron chi connectivity index (χ3n) is 1.70. The molecular formula is C9H11F3N2. The van der Waals surface area contributed by atoms with Gasteiger partial charge in [-0.15, -0.1) is 0 Å². The average molecular weight is 204 g/mol. The Labute approximate surface area is 80.2 Å². The van der Waals surface area contributed by atoms with Crippen LogP contribution in [0.2, 0.25) is 0 Å². The van der Waals surface area contributed by atoms with Crippen LogP contribution < -0.4 is 5.32 Å². The summed E-state index contributed by atoms with van der Waals surface area (Å²) in [6, 6.07) is 1.11. The van der Waals surface area contributed by atoms with Crippen molar-refractivity contribution in [2.75, 3.05) is 6.54 Å². The topological polar surface area (TPSA) is 24.9 Å². The largest absolute Gasteiger partial charge is 0.417 e. The summed E-state index contributed by atoms with van der Waals surface area (Å²) in [7, 11) is 0. The van der Waals surface area contributed by atoms with Crippen molar-refractivity contribution in [2.24, 2.45) is 0 Å². The first kappa shape index (κ1) is 11.0. The van der Waals surface area contributed by atoms with Crippen LogP contribution in [0.4, 0.5) is 13.2 Å². The van der Waals surface area contributed by atoms with Crippen molar-refractivity contribution >= 4 is 0 Å². The molecule has 0 saturated heterocycles. The Hall–Kier alpha value is -1.10. The molecule has 1 heterocycles. The van der Waals surface area contributed by atoms with E-state index in [4.69, 9.17) is 0 Å². The number of aromatic nitrogens is 1. The van der Waals surface area contributed by atoms with E-state index >= 15 is 0 Å². The molecular weight excluding hydrogens is 193 g/mol. The molecule has 1 N–H and O–H groups in total. The SMILES string of the molecule is CCNCc1cncc(C(F)(F)F)c1. The van der Waals surface area contributed by atoms with Crippen LogP contribution in [-0.4, -0.2) is 11.5 Å². The molecule has 1 rings (SSSR count). The van der Waals surface area contributed by atoms with E-state index in [2.05, 4.69) is 10.3 Å². The summed E-state index contributed by atoms with van der Waals surface area (Å²) < 4.78 is 36.7. The number of hydrogen-bond acceptors (Lipinski definition) is 2. The number of pyridine rings is 1. The Morgan fingerprint density at radius 1 is 1.36 bits per heavy atom. The third kappa shape index (κ3) is 2.99. The van der Waals surface area contributed by atoms with Gasteiger partial charge >= 0.3 is 6.18 Å². The summed E-state index contributed by atoms with van der Waals surface area (Å²) >= 11 is 0. The van der Waals surface area contributed by atoms with Crippen LogP contribution in [0, 0.1) is 0 Å². The normalized spacial score (nSPS) is 11.7. The van der Waals surface area contributed by atoms with Gasteiger partial charge in [-0.1, -0.05) is 6.92 Å². The lowest BCUT2D eigenvalue weighted by atomic mass is 10.2. The molecule has 0 amide bonds. The van der Waals surface area contributed by atoms with Gasteiger partial charge < -0.3 is 5.32 Å². The molecule has 0 aromatic carbocycles. The summed E-state index contributed by atoms with van der Waals surface area (Å²) in [5.41, 5.74) is -0.158. The lowest BCUT2D eigenvalue weighted by molar-refractivity contribution is -0.137. The van der Waals surface area contributed by atoms with Crippen molar-refractivity contribution in [3.63, 3.8) is 0 Å². The Morgan fingerprint density at radius 2 is 2.07 bits per heavy atom. The number of rotatable bonds is 3. The van der Waals surface area contributed by atoms with Crippen molar-refractivity contribution in [2.45, 2.75) is 19.6 Å². The highest BCUT2D eigenvalue weighted by molar-refractivity contribution is 5.20. The minimum atomic E-state index is -4.31. The van der Waals surface area contributed by atoms with Crippen LogP contribution in [0.25, 0.3) is 0 Å². The number of alkyl halides is 3. The predicted molar refractivity (Wildman–Crippen MR) is 46.6 cm³/mol. The lowest BCUT2D eigenvalue weighted by Crippen LogP contribution is -2.13. The fourth-order valence-electron chi connectivity index (χ4n) is 1.01. The standard InChI is InChI=1S/C9H11F3N2/c1-2-13-4-7-3-8(6-14-5-7)9(10,11)12/h3,5-6,13H,2,4H2,1H3. The number of nitrogens with zero attached hydrogens (tertiary/aromatic N) is 1. The maximum Gasteiger partial charge on any atom is 0.417 e. The van der Waals surface area contributed by atoms with Gasteiger partial charge in [-0.05, 0) is 18.2 Å². The Balaban J connectivity index is 2.79. The molecule has 1 aromatic rings. The fourth-order valence-corrected chi connectivity index (χ4v) is 1.01. The second-order valence-electron chi connectivity index (χ2n) is 2.86. The van der Waals surface area contributed by atoms with Crippen molar-refractivity contribution in [3.8, 4) is 0 Å². The molecule has 0 bridgehead atoms. The third-order valence-corrected chi connectivity index (χ3v) is 1.70. The molecule has 2 nitrogen and oxygen atoms in total. The van der Waals surface area contributed by atoms with Crippen LogP contribution >= 0.6 is 0 Å². The smallest absolute Gasteiger partial charge is 0.313 e. The zero-order chi connectivity index (χ0) is 10.6. The van der Waals surface area contributed by atoms with E-state index in [0.717, 1.165) is 18.8 Å². The van der Waals surface area contributed by atoms with Gasteiger partial charge in [-0.2, -0.15) is 13.2 Å². The number of nitrogens with one attached hydrogen (secondary N) is 1. The van der Waals surface area contributed by atoms with Gasteiger partial charge in [0, 0.05) is 18.9 Å². The number of halogens is 3. The molecule has 0 aliphatic heterocycles. The summed E-state index contributed by atoms with van der Waals surface area (Å²) in [5.74, 6) is 0. The minimum absolute atomic E-state index is 0.410.